The number of carbonyl (C=O) groups excluding carboxylic acids is 1. The fraction of sp³-hybridized carbons (Fsp3) is 0.917. The lowest BCUT2D eigenvalue weighted by molar-refractivity contribution is -0.144. The molecule has 1 N–H and O–H groups in total. The van der Waals surface area contributed by atoms with Crippen LogP contribution in [0.4, 0.5) is 0 Å². The van der Waals surface area contributed by atoms with Crippen LogP contribution in [0.5, 0.6) is 0 Å². The molecule has 2 heterocycles. The predicted octanol–water partition coefficient (Wildman–Crippen LogP) is 0.000700. The number of amides is 1. The summed E-state index contributed by atoms with van der Waals surface area (Å²) in [6, 6.07) is 0.171. The summed E-state index contributed by atoms with van der Waals surface area (Å²) in [6.45, 7) is 7.66. The van der Waals surface area contributed by atoms with Crippen molar-refractivity contribution in [3.05, 3.63) is 0 Å². The highest BCUT2D eigenvalue weighted by Crippen LogP contribution is 2.12. The van der Waals surface area contributed by atoms with Gasteiger partial charge in [-0.2, -0.15) is 0 Å². The smallest absolute Gasteiger partial charge is 0.224 e. The van der Waals surface area contributed by atoms with Gasteiger partial charge in [0, 0.05) is 32.1 Å². The van der Waals surface area contributed by atoms with Crippen molar-refractivity contribution < 1.29 is 14.3 Å². The lowest BCUT2D eigenvalue weighted by Gasteiger charge is -2.36. The molecule has 0 aromatic rings. The molecule has 0 saturated carbocycles. The number of nitrogens with zero attached hydrogens (tertiary/aromatic N) is 1. The van der Waals surface area contributed by atoms with Crippen LogP contribution in [-0.4, -0.2) is 61.9 Å². The molecule has 0 aromatic carbocycles. The first-order valence-electron chi connectivity index (χ1n) is 6.39. The quantitative estimate of drug-likeness (QED) is 0.740. The number of hydrogen-bond donors (Lipinski definition) is 1. The van der Waals surface area contributed by atoms with Crippen molar-refractivity contribution in [1.29, 1.82) is 0 Å². The van der Waals surface area contributed by atoms with Gasteiger partial charge in [-0.3, -0.25) is 4.79 Å². The molecule has 2 fully saturated rings. The van der Waals surface area contributed by atoms with Crippen LogP contribution in [0.2, 0.25) is 0 Å². The van der Waals surface area contributed by atoms with Crippen molar-refractivity contribution in [3.8, 4) is 0 Å². The number of morpholine rings is 2. The number of nitrogens with one attached hydrogen (secondary N) is 1. The van der Waals surface area contributed by atoms with E-state index in [1.165, 1.54) is 0 Å². The maximum Gasteiger partial charge on any atom is 0.224 e. The van der Waals surface area contributed by atoms with Gasteiger partial charge in [0.05, 0.1) is 25.4 Å². The minimum atomic E-state index is 0.137. The van der Waals surface area contributed by atoms with Gasteiger partial charge in [-0.05, 0) is 13.8 Å². The normalized spacial score (nSPS) is 34.7. The van der Waals surface area contributed by atoms with Crippen molar-refractivity contribution in [1.82, 2.24) is 10.2 Å². The molecular formula is C12H22N2O3. The highest BCUT2D eigenvalue weighted by molar-refractivity contribution is 5.77. The Morgan fingerprint density at radius 2 is 2.06 bits per heavy atom. The standard InChI is InChI=1S/C12H22N2O3/c1-9-6-14(7-10(2)17-9)12(15)5-11-8-16-4-3-13-11/h9-11,13H,3-8H2,1-2H3/t9-,10+,11?. The predicted molar refractivity (Wildman–Crippen MR) is 63.8 cm³/mol. The molecule has 0 bridgehead atoms. The van der Waals surface area contributed by atoms with Gasteiger partial charge in [0.2, 0.25) is 5.91 Å². The monoisotopic (exact) mass is 242 g/mol. The number of rotatable bonds is 2. The van der Waals surface area contributed by atoms with E-state index in [2.05, 4.69) is 5.32 Å². The Bertz CT molecular complexity index is 256. The van der Waals surface area contributed by atoms with E-state index in [4.69, 9.17) is 9.47 Å². The Morgan fingerprint density at radius 1 is 1.35 bits per heavy atom. The molecule has 5 heteroatoms. The molecule has 1 unspecified atom stereocenters. The number of carbonyl (C=O) groups is 1. The van der Waals surface area contributed by atoms with E-state index in [0.717, 1.165) is 13.2 Å². The van der Waals surface area contributed by atoms with E-state index in [1.807, 2.05) is 18.7 Å². The molecular weight excluding hydrogens is 220 g/mol. The zero-order valence-electron chi connectivity index (χ0n) is 10.6. The summed E-state index contributed by atoms with van der Waals surface area (Å²) in [5, 5.41) is 3.31. The highest BCUT2D eigenvalue weighted by atomic mass is 16.5. The average molecular weight is 242 g/mol. The average Bonchev–Trinajstić information content (AvgIpc) is 2.29. The van der Waals surface area contributed by atoms with Crippen LogP contribution in [0.25, 0.3) is 0 Å². The summed E-state index contributed by atoms with van der Waals surface area (Å²) in [7, 11) is 0. The fourth-order valence-corrected chi connectivity index (χ4v) is 2.47. The molecule has 0 aromatic heterocycles. The first-order valence-corrected chi connectivity index (χ1v) is 6.39. The first-order chi connectivity index (χ1) is 8.15. The van der Waals surface area contributed by atoms with Crippen LogP contribution in [-0.2, 0) is 14.3 Å². The van der Waals surface area contributed by atoms with E-state index in [-0.39, 0.29) is 24.2 Å². The van der Waals surface area contributed by atoms with Crippen LogP contribution in [0, 0.1) is 0 Å². The maximum atomic E-state index is 12.1. The zero-order valence-corrected chi connectivity index (χ0v) is 10.6. The zero-order chi connectivity index (χ0) is 12.3. The Morgan fingerprint density at radius 3 is 2.65 bits per heavy atom. The van der Waals surface area contributed by atoms with Crippen LogP contribution < -0.4 is 5.32 Å². The molecule has 0 spiro atoms. The fourth-order valence-electron chi connectivity index (χ4n) is 2.47. The molecule has 2 aliphatic rings. The summed E-state index contributed by atoms with van der Waals surface area (Å²) in [6.07, 6.45) is 0.802. The van der Waals surface area contributed by atoms with Gasteiger partial charge in [-0.15, -0.1) is 0 Å². The lowest BCUT2D eigenvalue weighted by atomic mass is 10.1. The van der Waals surface area contributed by atoms with E-state index in [9.17, 15) is 4.79 Å². The van der Waals surface area contributed by atoms with Crippen molar-refractivity contribution in [3.63, 3.8) is 0 Å². The molecule has 2 aliphatic heterocycles. The first kappa shape index (κ1) is 12.8. The van der Waals surface area contributed by atoms with Crippen molar-refractivity contribution in [2.75, 3.05) is 32.8 Å². The Kier molecular flexibility index (Phi) is 4.36. The second-order valence-electron chi connectivity index (χ2n) is 4.99. The van der Waals surface area contributed by atoms with E-state index < -0.39 is 0 Å². The number of ether oxygens (including phenoxy) is 2. The molecule has 17 heavy (non-hydrogen) atoms. The summed E-state index contributed by atoms with van der Waals surface area (Å²) >= 11 is 0. The second-order valence-corrected chi connectivity index (χ2v) is 4.99. The van der Waals surface area contributed by atoms with Gasteiger partial charge in [0.1, 0.15) is 0 Å². The molecule has 0 aliphatic carbocycles. The van der Waals surface area contributed by atoms with Crippen molar-refractivity contribution in [2.45, 2.75) is 38.5 Å². The van der Waals surface area contributed by atoms with Crippen LogP contribution in [0.15, 0.2) is 0 Å². The van der Waals surface area contributed by atoms with Gasteiger partial charge >= 0.3 is 0 Å². The summed E-state index contributed by atoms with van der Waals surface area (Å²) in [5.74, 6) is 0.204. The molecule has 0 radical (unpaired) electrons. The molecule has 1 amide bonds. The van der Waals surface area contributed by atoms with Gasteiger partial charge in [0.25, 0.3) is 0 Å². The van der Waals surface area contributed by atoms with Crippen molar-refractivity contribution >= 4 is 5.91 Å². The van der Waals surface area contributed by atoms with Gasteiger partial charge in [-0.25, -0.2) is 0 Å². The second kappa shape index (κ2) is 5.80. The summed E-state index contributed by atoms with van der Waals surface area (Å²) < 4.78 is 11.0. The van der Waals surface area contributed by atoms with Crippen LogP contribution in [0.3, 0.4) is 0 Å². The Hall–Kier alpha value is -0.650. The molecule has 2 saturated heterocycles. The van der Waals surface area contributed by atoms with Crippen molar-refractivity contribution in [2.24, 2.45) is 0 Å². The van der Waals surface area contributed by atoms with E-state index >= 15 is 0 Å². The third-order valence-corrected chi connectivity index (χ3v) is 3.19. The third-order valence-electron chi connectivity index (χ3n) is 3.19. The van der Waals surface area contributed by atoms with Crippen LogP contribution in [0.1, 0.15) is 20.3 Å². The third kappa shape index (κ3) is 3.66. The molecule has 5 nitrogen and oxygen atoms in total. The summed E-state index contributed by atoms with van der Waals surface area (Å²) in [4.78, 5) is 14.0. The lowest BCUT2D eigenvalue weighted by Crippen LogP contribution is -2.51. The van der Waals surface area contributed by atoms with Crippen LogP contribution >= 0.6 is 0 Å². The summed E-state index contributed by atoms with van der Waals surface area (Å²) in [5.41, 5.74) is 0. The van der Waals surface area contributed by atoms with E-state index in [0.29, 0.717) is 26.1 Å². The minimum Gasteiger partial charge on any atom is -0.378 e. The largest absolute Gasteiger partial charge is 0.378 e. The molecule has 98 valence electrons. The number of hydrogen-bond acceptors (Lipinski definition) is 4. The molecule has 2 rings (SSSR count). The van der Waals surface area contributed by atoms with Gasteiger partial charge in [0.15, 0.2) is 0 Å². The topological polar surface area (TPSA) is 50.8 Å². The van der Waals surface area contributed by atoms with Gasteiger partial charge < -0.3 is 19.7 Å². The van der Waals surface area contributed by atoms with E-state index in [1.54, 1.807) is 0 Å². The Labute approximate surface area is 102 Å². The highest BCUT2D eigenvalue weighted by Gasteiger charge is 2.27. The Balaban J connectivity index is 1.81. The SMILES string of the molecule is C[C@@H]1CN(C(=O)CC2COCCN2)C[C@H](C)O1. The van der Waals surface area contributed by atoms with Gasteiger partial charge in [-0.1, -0.05) is 0 Å². The molecule has 3 atom stereocenters. The minimum absolute atomic E-state index is 0.137. The maximum absolute atomic E-state index is 12.1.